The van der Waals surface area contributed by atoms with Crippen molar-refractivity contribution in [1.82, 2.24) is 10.6 Å². The first-order valence-electron chi connectivity index (χ1n) is 9.38. The molecule has 2 N–H and O–H groups in total. The molecule has 0 bridgehead atoms. The number of halogens is 3. The van der Waals surface area contributed by atoms with Crippen LogP contribution in [0.5, 0.6) is 0 Å². The van der Waals surface area contributed by atoms with Crippen molar-refractivity contribution >= 4 is 40.7 Å². The van der Waals surface area contributed by atoms with Crippen LogP contribution in [0.3, 0.4) is 0 Å². The molecule has 27 heavy (non-hydrogen) atoms. The van der Waals surface area contributed by atoms with E-state index in [-0.39, 0.29) is 35.3 Å². The molecule has 1 fully saturated rings. The second kappa shape index (κ2) is 12.6. The third-order valence-corrected chi connectivity index (χ3v) is 6.30. The Morgan fingerprint density at radius 3 is 2.56 bits per heavy atom. The minimum atomic E-state index is -0.759. The Morgan fingerprint density at radius 1 is 1.22 bits per heavy atom. The van der Waals surface area contributed by atoms with Crippen molar-refractivity contribution in [2.45, 2.75) is 57.2 Å². The Bertz CT molecular complexity index is 625. The van der Waals surface area contributed by atoms with Crippen LogP contribution in [0.15, 0.2) is 23.2 Å². The largest absolute Gasteiger partial charge is 0.357 e. The fraction of sp³-hybridized carbons (Fsp3) is 0.632. The smallest absolute Gasteiger partial charge is 0.191 e. The highest BCUT2D eigenvalue weighted by Gasteiger charge is 2.25. The highest BCUT2D eigenvalue weighted by Crippen LogP contribution is 2.23. The summed E-state index contributed by atoms with van der Waals surface area (Å²) in [5, 5.41) is 6.90. The predicted octanol–water partition coefficient (Wildman–Crippen LogP) is 3.76. The van der Waals surface area contributed by atoms with Crippen LogP contribution in [0.4, 0.5) is 8.78 Å². The van der Waals surface area contributed by atoms with E-state index in [1.165, 1.54) is 12.1 Å². The Hall–Kier alpha value is -0.770. The number of hydrogen-bond acceptors (Lipinski definition) is 2. The van der Waals surface area contributed by atoms with Gasteiger partial charge in [0, 0.05) is 47.0 Å². The molecule has 0 heterocycles. The molecule has 3 atom stereocenters. The van der Waals surface area contributed by atoms with Crippen LogP contribution in [-0.4, -0.2) is 40.3 Å². The van der Waals surface area contributed by atoms with Crippen LogP contribution in [0, 0.1) is 11.6 Å². The molecule has 0 aromatic heterocycles. The van der Waals surface area contributed by atoms with Crippen molar-refractivity contribution in [2.24, 2.45) is 4.99 Å². The lowest BCUT2D eigenvalue weighted by Gasteiger charge is -2.30. The summed E-state index contributed by atoms with van der Waals surface area (Å²) in [5.41, 5.74) is 0.596. The van der Waals surface area contributed by atoms with Crippen LogP contribution >= 0.6 is 24.0 Å². The molecule has 4 nitrogen and oxygen atoms in total. The van der Waals surface area contributed by atoms with Crippen molar-refractivity contribution in [2.75, 3.05) is 18.8 Å². The fourth-order valence-electron chi connectivity index (χ4n) is 3.32. The molecular weight excluding hydrogens is 483 g/mol. The average molecular weight is 513 g/mol. The summed E-state index contributed by atoms with van der Waals surface area (Å²) in [4.78, 5) is 4.53. The van der Waals surface area contributed by atoms with Crippen molar-refractivity contribution in [1.29, 1.82) is 0 Å². The summed E-state index contributed by atoms with van der Waals surface area (Å²) in [7, 11) is -0.759. The van der Waals surface area contributed by atoms with E-state index in [0.717, 1.165) is 38.3 Å². The van der Waals surface area contributed by atoms with Crippen LogP contribution in [0.25, 0.3) is 0 Å². The number of hydrogen-bond donors (Lipinski definition) is 2. The third-order valence-electron chi connectivity index (χ3n) is 4.56. The summed E-state index contributed by atoms with van der Waals surface area (Å²) in [6.07, 6.45) is 4.49. The fourth-order valence-corrected chi connectivity index (χ4v) is 4.66. The Labute approximate surface area is 180 Å². The van der Waals surface area contributed by atoms with Gasteiger partial charge in [-0.1, -0.05) is 13.3 Å². The van der Waals surface area contributed by atoms with E-state index in [2.05, 4.69) is 15.6 Å². The molecule has 1 aliphatic carbocycles. The van der Waals surface area contributed by atoms with Gasteiger partial charge in [-0.25, -0.2) is 8.78 Å². The Balaban J connectivity index is 0.00000364. The molecule has 0 aliphatic heterocycles. The Morgan fingerprint density at radius 2 is 1.93 bits per heavy atom. The first-order chi connectivity index (χ1) is 12.5. The van der Waals surface area contributed by atoms with Gasteiger partial charge in [0.25, 0.3) is 0 Å². The van der Waals surface area contributed by atoms with Crippen molar-refractivity contribution in [3.8, 4) is 0 Å². The Kier molecular flexibility index (Phi) is 11.4. The maximum atomic E-state index is 13.2. The number of nitrogens with zero attached hydrogens (tertiary/aromatic N) is 1. The summed E-state index contributed by atoms with van der Waals surface area (Å²) in [6, 6.07) is 3.81. The maximum absolute atomic E-state index is 13.2. The minimum Gasteiger partial charge on any atom is -0.357 e. The molecule has 1 aliphatic rings. The van der Waals surface area contributed by atoms with Gasteiger partial charge in [0.2, 0.25) is 0 Å². The van der Waals surface area contributed by atoms with Gasteiger partial charge in [-0.05, 0) is 50.3 Å². The van der Waals surface area contributed by atoms with Crippen LogP contribution < -0.4 is 10.6 Å². The first kappa shape index (κ1) is 24.3. The average Bonchev–Trinajstić information content (AvgIpc) is 2.60. The zero-order valence-corrected chi connectivity index (χ0v) is 19.1. The monoisotopic (exact) mass is 513 g/mol. The van der Waals surface area contributed by atoms with Gasteiger partial charge in [-0.3, -0.25) is 9.20 Å². The summed E-state index contributed by atoms with van der Waals surface area (Å²) >= 11 is 0. The van der Waals surface area contributed by atoms with Crippen molar-refractivity contribution in [3.63, 3.8) is 0 Å². The van der Waals surface area contributed by atoms with E-state index in [1.54, 1.807) is 0 Å². The second-order valence-corrected chi connectivity index (χ2v) is 8.59. The zero-order valence-electron chi connectivity index (χ0n) is 16.0. The quantitative estimate of drug-likeness (QED) is 0.332. The maximum Gasteiger partial charge on any atom is 0.191 e. The second-order valence-electron chi connectivity index (χ2n) is 6.59. The van der Waals surface area contributed by atoms with Gasteiger partial charge in [0.1, 0.15) is 11.6 Å². The molecule has 2 rings (SSSR count). The SMILES string of the molecule is CCNC(=NCCc1cc(F)cc(F)c1)NC1CCCC(S(=O)CC)C1.I. The molecule has 154 valence electrons. The molecule has 1 saturated carbocycles. The molecule has 8 heteroatoms. The first-order valence-corrected chi connectivity index (χ1v) is 10.8. The molecule has 0 radical (unpaired) electrons. The number of nitrogens with one attached hydrogen (secondary N) is 2. The lowest BCUT2D eigenvalue weighted by molar-refractivity contribution is 0.413. The van der Waals surface area contributed by atoms with Gasteiger partial charge >= 0.3 is 0 Å². The third kappa shape index (κ3) is 8.41. The van der Waals surface area contributed by atoms with E-state index in [9.17, 15) is 13.0 Å². The van der Waals surface area contributed by atoms with E-state index in [4.69, 9.17) is 0 Å². The minimum absolute atomic E-state index is 0. The van der Waals surface area contributed by atoms with Crippen LogP contribution in [0.1, 0.15) is 45.1 Å². The predicted molar refractivity (Wildman–Crippen MR) is 119 cm³/mol. The number of guanidine groups is 1. The number of benzene rings is 1. The zero-order chi connectivity index (χ0) is 18.9. The van der Waals surface area contributed by atoms with Gasteiger partial charge in [0.15, 0.2) is 5.96 Å². The van der Waals surface area contributed by atoms with Gasteiger partial charge in [-0.2, -0.15) is 0 Å². The molecule has 0 amide bonds. The lowest BCUT2D eigenvalue weighted by atomic mass is 9.95. The molecule has 1 aromatic carbocycles. The van der Waals surface area contributed by atoms with E-state index < -0.39 is 22.4 Å². The molecule has 3 unspecified atom stereocenters. The van der Waals surface area contributed by atoms with Crippen molar-refractivity contribution in [3.05, 3.63) is 35.4 Å². The topological polar surface area (TPSA) is 53.5 Å². The van der Waals surface area contributed by atoms with Gasteiger partial charge < -0.3 is 10.6 Å². The normalized spacial score (nSPS) is 21.3. The van der Waals surface area contributed by atoms with E-state index >= 15 is 0 Å². The van der Waals surface area contributed by atoms with E-state index in [0.29, 0.717) is 30.2 Å². The number of aliphatic imine (C=N–C) groups is 1. The number of rotatable bonds is 7. The molecule has 0 saturated heterocycles. The standard InChI is InChI=1S/C19H29F2N3OS.HI/c1-3-22-19(23-9-8-14-10-15(20)12-16(21)11-14)24-17-6-5-7-18(13-17)26(25)4-2;/h10-12,17-18H,3-9,13H2,1-2H3,(H2,22,23,24);1H. The summed E-state index contributed by atoms with van der Waals surface area (Å²) in [6.45, 7) is 5.13. The van der Waals surface area contributed by atoms with E-state index in [1.807, 2.05) is 13.8 Å². The van der Waals surface area contributed by atoms with Gasteiger partial charge in [0.05, 0.1) is 0 Å². The van der Waals surface area contributed by atoms with Crippen molar-refractivity contribution < 1.29 is 13.0 Å². The molecular formula is C19H30F2IN3OS. The lowest BCUT2D eigenvalue weighted by Crippen LogP contribution is -2.46. The van der Waals surface area contributed by atoms with Crippen LogP contribution in [0.2, 0.25) is 0 Å². The highest BCUT2D eigenvalue weighted by atomic mass is 127. The van der Waals surface area contributed by atoms with Crippen LogP contribution in [-0.2, 0) is 17.2 Å². The summed E-state index contributed by atoms with van der Waals surface area (Å²) < 4.78 is 38.6. The van der Waals surface area contributed by atoms with Gasteiger partial charge in [-0.15, -0.1) is 24.0 Å². The summed E-state index contributed by atoms with van der Waals surface area (Å²) in [5.74, 6) is 0.283. The molecule has 1 aromatic rings. The molecule has 0 spiro atoms. The highest BCUT2D eigenvalue weighted by molar-refractivity contribution is 14.0.